The first-order valence-electron chi connectivity index (χ1n) is 4.10. The van der Waals surface area contributed by atoms with E-state index in [4.69, 9.17) is 4.74 Å². The Morgan fingerprint density at radius 3 is 2.58 bits per heavy atom. The molecule has 66 valence electrons. The van der Waals surface area contributed by atoms with Gasteiger partial charge in [0.15, 0.2) is 0 Å². The Labute approximate surface area is 71.3 Å². The van der Waals surface area contributed by atoms with Crippen molar-refractivity contribution in [1.82, 2.24) is 0 Å². The van der Waals surface area contributed by atoms with Crippen LogP contribution in [0.4, 0.5) is 0 Å². The highest BCUT2D eigenvalue weighted by Gasteiger charge is 2.56. The number of rotatable bonds is 2. The van der Waals surface area contributed by atoms with Gasteiger partial charge in [-0.15, -0.1) is 0 Å². The van der Waals surface area contributed by atoms with Gasteiger partial charge in [0.1, 0.15) is 0 Å². The normalized spacial score (nSPS) is 37.2. The van der Waals surface area contributed by atoms with E-state index in [1.807, 2.05) is 0 Å². The van der Waals surface area contributed by atoms with E-state index >= 15 is 0 Å². The fraction of sp³-hybridized carbons (Fsp3) is 0.667. The van der Waals surface area contributed by atoms with Crippen molar-refractivity contribution in [3.8, 4) is 0 Å². The lowest BCUT2D eigenvalue weighted by Crippen LogP contribution is -2.10. The van der Waals surface area contributed by atoms with Crippen LogP contribution in [0.3, 0.4) is 0 Å². The van der Waals surface area contributed by atoms with Gasteiger partial charge in [-0.05, 0) is 11.8 Å². The maximum atomic E-state index is 11.1. The van der Waals surface area contributed by atoms with E-state index in [0.29, 0.717) is 23.3 Å². The predicted molar refractivity (Wildman–Crippen MR) is 42.4 cm³/mol. The van der Waals surface area contributed by atoms with Gasteiger partial charge in [-0.3, -0.25) is 0 Å². The van der Waals surface area contributed by atoms with Gasteiger partial charge in [0.05, 0.1) is 20.3 Å². The molecular formula is C9H12O3. The lowest BCUT2D eigenvalue weighted by atomic mass is 10.1. The van der Waals surface area contributed by atoms with Gasteiger partial charge in [-0.1, -0.05) is 6.58 Å². The van der Waals surface area contributed by atoms with Crippen LogP contribution in [0.15, 0.2) is 12.2 Å². The highest BCUT2D eigenvalue weighted by molar-refractivity contribution is 5.89. The maximum Gasteiger partial charge on any atom is 0.333 e. The van der Waals surface area contributed by atoms with Crippen LogP contribution in [0.25, 0.3) is 0 Å². The summed E-state index contributed by atoms with van der Waals surface area (Å²) in [6, 6.07) is 0. The molecule has 0 aromatic rings. The molecule has 0 bridgehead atoms. The van der Waals surface area contributed by atoms with Crippen molar-refractivity contribution in [2.45, 2.75) is 0 Å². The molecule has 0 N–H and O–H groups in total. The van der Waals surface area contributed by atoms with E-state index < -0.39 is 0 Å². The molecule has 12 heavy (non-hydrogen) atoms. The van der Waals surface area contributed by atoms with Crippen molar-refractivity contribution >= 4 is 5.97 Å². The van der Waals surface area contributed by atoms with Crippen LogP contribution in [0.2, 0.25) is 0 Å². The van der Waals surface area contributed by atoms with Gasteiger partial charge in [0.2, 0.25) is 0 Å². The van der Waals surface area contributed by atoms with E-state index in [0.717, 1.165) is 13.2 Å². The Hall–Kier alpha value is -0.830. The molecule has 3 heteroatoms. The summed E-state index contributed by atoms with van der Waals surface area (Å²) in [5.41, 5.74) is 0.621. The second kappa shape index (κ2) is 2.59. The number of hydrogen-bond donors (Lipinski definition) is 0. The highest BCUT2D eigenvalue weighted by atomic mass is 16.5. The zero-order valence-corrected chi connectivity index (χ0v) is 7.08. The number of fused-ring (bicyclic) bond motifs is 1. The first-order valence-corrected chi connectivity index (χ1v) is 4.10. The van der Waals surface area contributed by atoms with Gasteiger partial charge < -0.3 is 9.47 Å². The Balaban J connectivity index is 1.96. The standard InChI is InChI=1S/C9H12O3/c1-5(9(10)11-2)8-6-3-12-4-7(6)8/h6-8H,1,3-4H2,2H3. The predicted octanol–water partition coefficient (Wildman–Crippen LogP) is 0.608. The average Bonchev–Trinajstić information content (AvgIpc) is 2.56. The van der Waals surface area contributed by atoms with Crippen molar-refractivity contribution in [3.63, 3.8) is 0 Å². The van der Waals surface area contributed by atoms with E-state index in [9.17, 15) is 4.79 Å². The Bertz CT molecular complexity index is 224. The van der Waals surface area contributed by atoms with Gasteiger partial charge in [-0.25, -0.2) is 4.79 Å². The average molecular weight is 168 g/mol. The van der Waals surface area contributed by atoms with Crippen LogP contribution < -0.4 is 0 Å². The molecule has 2 unspecified atom stereocenters. The number of esters is 1. The molecule has 1 aliphatic carbocycles. The summed E-state index contributed by atoms with van der Waals surface area (Å²) in [5, 5.41) is 0. The van der Waals surface area contributed by atoms with Gasteiger partial charge in [0.25, 0.3) is 0 Å². The maximum absolute atomic E-state index is 11.1. The smallest absolute Gasteiger partial charge is 0.333 e. The molecule has 0 aromatic carbocycles. The van der Waals surface area contributed by atoms with Gasteiger partial charge >= 0.3 is 5.97 Å². The zero-order valence-electron chi connectivity index (χ0n) is 7.08. The second-order valence-corrected chi connectivity index (χ2v) is 3.41. The molecule has 1 aliphatic heterocycles. The van der Waals surface area contributed by atoms with E-state index in [1.165, 1.54) is 7.11 Å². The van der Waals surface area contributed by atoms with Crippen molar-refractivity contribution in [2.75, 3.05) is 20.3 Å². The molecule has 1 saturated carbocycles. The molecule has 0 amide bonds. The Kier molecular flexibility index (Phi) is 1.68. The highest BCUT2D eigenvalue weighted by Crippen LogP contribution is 2.54. The zero-order chi connectivity index (χ0) is 8.72. The van der Waals surface area contributed by atoms with Crippen molar-refractivity contribution in [1.29, 1.82) is 0 Å². The fourth-order valence-corrected chi connectivity index (χ4v) is 2.02. The fourth-order valence-electron chi connectivity index (χ4n) is 2.02. The Morgan fingerprint density at radius 1 is 1.50 bits per heavy atom. The van der Waals surface area contributed by atoms with E-state index in [-0.39, 0.29) is 5.97 Å². The first kappa shape index (κ1) is 7.80. The minimum absolute atomic E-state index is 0.269. The second-order valence-electron chi connectivity index (χ2n) is 3.41. The minimum atomic E-state index is -0.269. The number of carbonyl (C=O) groups excluding carboxylic acids is 1. The monoisotopic (exact) mass is 168 g/mol. The number of ether oxygens (including phenoxy) is 2. The van der Waals surface area contributed by atoms with Crippen LogP contribution in [-0.4, -0.2) is 26.3 Å². The molecule has 1 saturated heterocycles. The van der Waals surface area contributed by atoms with Crippen LogP contribution in [0, 0.1) is 17.8 Å². The largest absolute Gasteiger partial charge is 0.466 e. The molecule has 1 heterocycles. The SMILES string of the molecule is C=C(C(=O)OC)C1C2COCC21. The summed E-state index contributed by atoms with van der Waals surface area (Å²) in [6.07, 6.45) is 0. The van der Waals surface area contributed by atoms with Crippen LogP contribution in [0.5, 0.6) is 0 Å². The summed E-state index contributed by atoms with van der Waals surface area (Å²) in [4.78, 5) is 11.1. The molecule has 0 spiro atoms. The minimum Gasteiger partial charge on any atom is -0.466 e. The molecule has 2 atom stereocenters. The molecule has 2 rings (SSSR count). The van der Waals surface area contributed by atoms with Crippen molar-refractivity contribution < 1.29 is 14.3 Å². The summed E-state index contributed by atoms with van der Waals surface area (Å²) >= 11 is 0. The molecule has 0 aromatic heterocycles. The molecule has 2 fully saturated rings. The van der Waals surface area contributed by atoms with Gasteiger partial charge in [-0.2, -0.15) is 0 Å². The first-order chi connectivity index (χ1) is 5.75. The topological polar surface area (TPSA) is 35.5 Å². The summed E-state index contributed by atoms with van der Waals surface area (Å²) in [7, 11) is 1.39. The van der Waals surface area contributed by atoms with Crippen LogP contribution in [-0.2, 0) is 14.3 Å². The van der Waals surface area contributed by atoms with Crippen molar-refractivity contribution in [3.05, 3.63) is 12.2 Å². The van der Waals surface area contributed by atoms with Crippen LogP contribution >= 0.6 is 0 Å². The third-order valence-corrected chi connectivity index (χ3v) is 2.80. The lowest BCUT2D eigenvalue weighted by Gasteiger charge is -2.05. The molecule has 3 nitrogen and oxygen atoms in total. The molecular weight excluding hydrogens is 156 g/mol. The third-order valence-electron chi connectivity index (χ3n) is 2.80. The summed E-state index contributed by atoms with van der Waals surface area (Å²) in [6.45, 7) is 5.31. The van der Waals surface area contributed by atoms with Crippen molar-refractivity contribution in [2.24, 2.45) is 17.8 Å². The number of methoxy groups -OCH3 is 1. The van der Waals surface area contributed by atoms with Gasteiger partial charge in [0, 0.05) is 11.5 Å². The van der Waals surface area contributed by atoms with Crippen LogP contribution in [0.1, 0.15) is 0 Å². The third kappa shape index (κ3) is 0.966. The summed E-state index contributed by atoms with van der Waals surface area (Å²) < 4.78 is 9.81. The van der Waals surface area contributed by atoms with E-state index in [2.05, 4.69) is 11.3 Å². The molecule has 2 aliphatic rings. The van der Waals surface area contributed by atoms with E-state index in [1.54, 1.807) is 0 Å². The number of carbonyl (C=O) groups is 1. The summed E-state index contributed by atoms with van der Waals surface area (Å²) in [5.74, 6) is 1.15. The Morgan fingerprint density at radius 2 is 2.08 bits per heavy atom. The number of hydrogen-bond acceptors (Lipinski definition) is 3. The quantitative estimate of drug-likeness (QED) is 0.447. The lowest BCUT2D eigenvalue weighted by molar-refractivity contribution is -0.136. The molecule has 0 radical (unpaired) electrons.